The van der Waals surface area contributed by atoms with Gasteiger partial charge in [0.15, 0.2) is 4.63 Å². The molecule has 0 aliphatic carbocycles. The molecule has 0 N–H and O–H groups in total. The Balaban J connectivity index is 3.10. The molecule has 1 nitrogen and oxygen atoms in total. The quantitative estimate of drug-likeness (QED) is 0.614. The third kappa shape index (κ3) is 2.50. The second-order valence-corrected chi connectivity index (χ2v) is 3.55. The minimum atomic E-state index is 0.0435. The van der Waals surface area contributed by atoms with E-state index in [0.717, 1.165) is 11.3 Å². The van der Waals surface area contributed by atoms with Gasteiger partial charge in [0.1, 0.15) is 0 Å². The van der Waals surface area contributed by atoms with Crippen LogP contribution in [0.3, 0.4) is 0 Å². The van der Waals surface area contributed by atoms with Crippen molar-refractivity contribution in [2.75, 3.05) is 0 Å². The van der Waals surface area contributed by atoms with Gasteiger partial charge in [-0.3, -0.25) is 0 Å². The molecule has 0 atom stereocenters. The Morgan fingerprint density at radius 1 is 1.25 bits per heavy atom. The summed E-state index contributed by atoms with van der Waals surface area (Å²) in [4.78, 5) is 3.95. The van der Waals surface area contributed by atoms with E-state index < -0.39 is 0 Å². The normalized spacial score (nSPS) is 9.67. The predicted octanol–water partition coefficient (Wildman–Crippen LogP) is 3.77. The van der Waals surface area contributed by atoms with Crippen LogP contribution < -0.4 is 0 Å². The van der Waals surface area contributed by atoms with Crippen LogP contribution in [-0.2, 0) is 0 Å². The van der Waals surface area contributed by atoms with Crippen LogP contribution in [0.2, 0.25) is 0 Å². The molecule has 1 aromatic carbocycles. The third-order valence-electron chi connectivity index (χ3n) is 1.56. The highest BCUT2D eigenvalue weighted by atomic mass is 35.5. The van der Waals surface area contributed by atoms with E-state index in [1.54, 1.807) is 0 Å². The molecule has 3 heteroatoms. The summed E-state index contributed by atoms with van der Waals surface area (Å²) < 4.78 is 0.0435. The molecular weight excluding hydrogens is 193 g/mol. The van der Waals surface area contributed by atoms with E-state index in [9.17, 15) is 0 Å². The second-order valence-electron chi connectivity index (χ2n) is 2.64. The van der Waals surface area contributed by atoms with Gasteiger partial charge in [-0.2, -0.15) is 0 Å². The lowest BCUT2D eigenvalue weighted by Crippen LogP contribution is -1.78. The highest BCUT2D eigenvalue weighted by Gasteiger charge is 1.96. The molecule has 1 rings (SSSR count). The zero-order valence-electron chi connectivity index (χ0n) is 6.94. The third-order valence-corrected chi connectivity index (χ3v) is 1.73. The van der Waals surface area contributed by atoms with Crippen molar-refractivity contribution >= 4 is 33.5 Å². The van der Waals surface area contributed by atoms with Crippen molar-refractivity contribution in [2.45, 2.75) is 13.8 Å². The van der Waals surface area contributed by atoms with Crippen molar-refractivity contribution in [1.82, 2.24) is 0 Å². The predicted molar refractivity (Wildman–Crippen MR) is 54.7 cm³/mol. The molecule has 0 saturated heterocycles. The average molecular weight is 202 g/mol. The lowest BCUT2D eigenvalue weighted by molar-refractivity contribution is 1.35. The molecule has 0 bridgehead atoms. The summed E-state index contributed by atoms with van der Waals surface area (Å²) in [5, 5.41) is 0. The molecule has 12 heavy (non-hydrogen) atoms. The Morgan fingerprint density at radius 3 is 2.42 bits per heavy atom. The average Bonchev–Trinajstić information content (AvgIpc) is 1.94. The molecule has 0 heterocycles. The van der Waals surface area contributed by atoms with Gasteiger partial charge in [0.05, 0.1) is 5.69 Å². The number of hydrogen-bond acceptors (Lipinski definition) is 1. The Morgan fingerprint density at radius 2 is 1.92 bits per heavy atom. The molecule has 0 aromatic heterocycles. The number of nitrogens with zero attached hydrogens (tertiary/aromatic N) is 1. The highest BCUT2D eigenvalue weighted by molar-refractivity contribution is 6.95. The highest BCUT2D eigenvalue weighted by Crippen LogP contribution is 2.20. The summed E-state index contributed by atoms with van der Waals surface area (Å²) in [6.07, 6.45) is 0. The molecule has 1 aromatic rings. The Hall–Kier alpha value is -0.530. The maximum atomic E-state index is 5.44. The van der Waals surface area contributed by atoms with Crippen LogP contribution in [0.1, 0.15) is 11.1 Å². The van der Waals surface area contributed by atoms with Crippen LogP contribution in [0.15, 0.2) is 23.2 Å². The van der Waals surface area contributed by atoms with Crippen molar-refractivity contribution in [1.29, 1.82) is 0 Å². The molecular formula is C9H9Cl2N. The van der Waals surface area contributed by atoms with E-state index in [4.69, 9.17) is 23.2 Å². The maximum absolute atomic E-state index is 5.44. The lowest BCUT2D eigenvalue weighted by atomic mass is 10.1. The van der Waals surface area contributed by atoms with Gasteiger partial charge in [-0.15, -0.1) is 0 Å². The van der Waals surface area contributed by atoms with Crippen molar-refractivity contribution in [3.8, 4) is 0 Å². The van der Waals surface area contributed by atoms with Crippen LogP contribution >= 0.6 is 23.2 Å². The Bertz CT molecular complexity index is 314. The summed E-state index contributed by atoms with van der Waals surface area (Å²) in [7, 11) is 0. The first-order chi connectivity index (χ1) is 5.59. The first-order valence-corrected chi connectivity index (χ1v) is 4.32. The fraction of sp³-hybridized carbons (Fsp3) is 0.222. The Labute approximate surface area is 82.0 Å². The van der Waals surface area contributed by atoms with Gasteiger partial charge in [0.2, 0.25) is 0 Å². The minimum absolute atomic E-state index is 0.0435. The summed E-state index contributed by atoms with van der Waals surface area (Å²) in [6, 6.07) is 5.91. The molecule has 0 spiro atoms. The molecule has 0 fully saturated rings. The zero-order chi connectivity index (χ0) is 9.14. The first-order valence-electron chi connectivity index (χ1n) is 3.56. The summed E-state index contributed by atoms with van der Waals surface area (Å²) in [5.41, 5.74) is 3.10. The molecule has 0 aliphatic rings. The zero-order valence-corrected chi connectivity index (χ0v) is 8.45. The van der Waals surface area contributed by atoms with Gasteiger partial charge in [-0.1, -0.05) is 17.7 Å². The smallest absolute Gasteiger partial charge is 0.197 e. The molecule has 0 radical (unpaired) electrons. The van der Waals surface area contributed by atoms with E-state index in [-0.39, 0.29) is 4.63 Å². The standard InChI is InChI=1S/C9H9Cl2N/c1-6-3-4-8(7(2)5-6)12-9(10)11/h3-5H,1-2H3. The van der Waals surface area contributed by atoms with Gasteiger partial charge in [-0.25, -0.2) is 4.99 Å². The number of aryl methyl sites for hydroxylation is 2. The largest absolute Gasteiger partial charge is 0.225 e. The van der Waals surface area contributed by atoms with Gasteiger partial charge in [-0.05, 0) is 48.7 Å². The molecule has 64 valence electrons. The number of halogens is 2. The number of benzene rings is 1. The van der Waals surface area contributed by atoms with Gasteiger partial charge in [0, 0.05) is 0 Å². The van der Waals surface area contributed by atoms with E-state index in [0.29, 0.717) is 0 Å². The van der Waals surface area contributed by atoms with Crippen LogP contribution in [0.5, 0.6) is 0 Å². The van der Waals surface area contributed by atoms with Gasteiger partial charge in [0.25, 0.3) is 0 Å². The van der Waals surface area contributed by atoms with E-state index in [2.05, 4.69) is 4.99 Å². The van der Waals surface area contributed by atoms with Crippen LogP contribution in [0, 0.1) is 13.8 Å². The SMILES string of the molecule is Cc1ccc(N=C(Cl)Cl)c(C)c1. The van der Waals surface area contributed by atoms with Gasteiger partial charge >= 0.3 is 0 Å². The summed E-state index contributed by atoms with van der Waals surface area (Å²) >= 11 is 10.9. The van der Waals surface area contributed by atoms with Crippen molar-refractivity contribution in [2.24, 2.45) is 4.99 Å². The number of hydrogen-bond donors (Lipinski definition) is 0. The fourth-order valence-corrected chi connectivity index (χ4v) is 1.20. The second kappa shape index (κ2) is 3.92. The fourth-order valence-electron chi connectivity index (χ4n) is 1.02. The topological polar surface area (TPSA) is 12.4 Å². The van der Waals surface area contributed by atoms with E-state index in [1.165, 1.54) is 5.56 Å². The molecule has 0 aliphatic heterocycles. The van der Waals surface area contributed by atoms with Crippen molar-refractivity contribution in [3.63, 3.8) is 0 Å². The summed E-state index contributed by atoms with van der Waals surface area (Å²) in [6.45, 7) is 4.01. The molecule has 0 saturated carbocycles. The number of aliphatic imine (C=N–C) groups is 1. The van der Waals surface area contributed by atoms with Crippen LogP contribution in [0.25, 0.3) is 0 Å². The van der Waals surface area contributed by atoms with E-state index in [1.807, 2.05) is 32.0 Å². The molecule has 0 amide bonds. The summed E-state index contributed by atoms with van der Waals surface area (Å²) in [5.74, 6) is 0. The minimum Gasteiger partial charge on any atom is -0.225 e. The van der Waals surface area contributed by atoms with Gasteiger partial charge < -0.3 is 0 Å². The van der Waals surface area contributed by atoms with E-state index >= 15 is 0 Å². The van der Waals surface area contributed by atoms with Crippen LogP contribution in [0.4, 0.5) is 5.69 Å². The maximum Gasteiger partial charge on any atom is 0.197 e. The monoisotopic (exact) mass is 201 g/mol. The number of rotatable bonds is 1. The first kappa shape index (κ1) is 9.56. The lowest BCUT2D eigenvalue weighted by Gasteiger charge is -2.00. The van der Waals surface area contributed by atoms with Crippen molar-refractivity contribution in [3.05, 3.63) is 29.3 Å². The van der Waals surface area contributed by atoms with Crippen LogP contribution in [-0.4, -0.2) is 4.63 Å². The molecule has 0 unspecified atom stereocenters. The Kier molecular flexibility index (Phi) is 3.12. The van der Waals surface area contributed by atoms with Crippen molar-refractivity contribution < 1.29 is 0 Å².